The van der Waals surface area contributed by atoms with Crippen LogP contribution in [-0.4, -0.2) is 24.1 Å². The van der Waals surface area contributed by atoms with Gasteiger partial charge in [-0.15, -0.1) is 0 Å². The Balaban J connectivity index is 2.13. The molecule has 0 atom stereocenters. The van der Waals surface area contributed by atoms with Crippen LogP contribution in [0, 0.1) is 6.92 Å². The lowest BCUT2D eigenvalue weighted by molar-refractivity contribution is 0.411. The first-order valence-electron chi connectivity index (χ1n) is 6.21. The maximum atomic E-state index is 6.01. The number of aryl methyl sites for hydroxylation is 1. The van der Waals surface area contributed by atoms with E-state index in [0.717, 1.165) is 16.9 Å². The molecule has 0 aliphatic heterocycles. The number of benzene rings is 1. The molecule has 0 amide bonds. The Labute approximate surface area is 123 Å². The number of anilines is 2. The monoisotopic (exact) mass is 292 g/mol. The molecule has 5 nitrogen and oxygen atoms in total. The summed E-state index contributed by atoms with van der Waals surface area (Å²) in [5.41, 5.74) is 2.93. The maximum Gasteiger partial charge on any atom is 0.157 e. The summed E-state index contributed by atoms with van der Waals surface area (Å²) in [7, 11) is 3.45. The molecule has 0 spiro atoms. The first-order chi connectivity index (χ1) is 9.65. The standard InChI is InChI=1S/C14H17ClN4O/c1-9-6-10(4-5-11(9)20-3)7-17-14-12(16-2)13(15)18-8-19-14/h4-6,8,16H,7H2,1-3H3,(H,17,18,19). The van der Waals surface area contributed by atoms with E-state index in [1.807, 2.05) is 19.1 Å². The molecule has 2 rings (SSSR count). The van der Waals surface area contributed by atoms with Gasteiger partial charge in [0.15, 0.2) is 11.0 Å². The van der Waals surface area contributed by atoms with Crippen LogP contribution in [0.1, 0.15) is 11.1 Å². The van der Waals surface area contributed by atoms with E-state index in [-0.39, 0.29) is 0 Å². The summed E-state index contributed by atoms with van der Waals surface area (Å²) >= 11 is 6.01. The van der Waals surface area contributed by atoms with Crippen molar-refractivity contribution in [1.29, 1.82) is 0 Å². The quantitative estimate of drug-likeness (QED) is 0.829. The molecule has 2 N–H and O–H groups in total. The van der Waals surface area contributed by atoms with E-state index in [1.165, 1.54) is 6.33 Å². The molecule has 6 heteroatoms. The second-order valence-electron chi connectivity index (χ2n) is 4.30. The number of hydrogen-bond donors (Lipinski definition) is 2. The van der Waals surface area contributed by atoms with Gasteiger partial charge < -0.3 is 15.4 Å². The molecule has 0 aliphatic rings. The van der Waals surface area contributed by atoms with E-state index in [1.54, 1.807) is 14.2 Å². The van der Waals surface area contributed by atoms with Gasteiger partial charge in [-0.05, 0) is 24.1 Å². The van der Waals surface area contributed by atoms with Crippen LogP contribution in [0.5, 0.6) is 5.75 Å². The molecule has 0 radical (unpaired) electrons. The minimum Gasteiger partial charge on any atom is -0.496 e. The Hall–Kier alpha value is -2.01. The first-order valence-corrected chi connectivity index (χ1v) is 6.59. The summed E-state index contributed by atoms with van der Waals surface area (Å²) in [4.78, 5) is 8.13. The molecule has 0 fully saturated rings. The minimum absolute atomic E-state index is 0.399. The second kappa shape index (κ2) is 6.43. The summed E-state index contributed by atoms with van der Waals surface area (Å²) < 4.78 is 5.25. The molecule has 0 bridgehead atoms. The number of ether oxygens (including phenoxy) is 1. The Kier molecular flexibility index (Phi) is 4.63. The van der Waals surface area contributed by atoms with Crippen molar-refractivity contribution >= 4 is 23.1 Å². The predicted molar refractivity (Wildman–Crippen MR) is 81.6 cm³/mol. The molecule has 106 valence electrons. The van der Waals surface area contributed by atoms with Gasteiger partial charge in [-0.3, -0.25) is 0 Å². The van der Waals surface area contributed by atoms with Gasteiger partial charge in [0.2, 0.25) is 0 Å². The van der Waals surface area contributed by atoms with Crippen LogP contribution in [-0.2, 0) is 6.54 Å². The van der Waals surface area contributed by atoms with Crippen molar-refractivity contribution in [1.82, 2.24) is 9.97 Å². The zero-order valence-corrected chi connectivity index (χ0v) is 12.5. The van der Waals surface area contributed by atoms with E-state index in [2.05, 4.69) is 26.7 Å². The van der Waals surface area contributed by atoms with Gasteiger partial charge in [0, 0.05) is 13.6 Å². The first kappa shape index (κ1) is 14.4. The molecule has 1 aromatic carbocycles. The Morgan fingerprint density at radius 2 is 2.10 bits per heavy atom. The Morgan fingerprint density at radius 3 is 2.75 bits per heavy atom. The van der Waals surface area contributed by atoms with Gasteiger partial charge in [0.1, 0.15) is 17.8 Å². The number of hydrogen-bond acceptors (Lipinski definition) is 5. The van der Waals surface area contributed by atoms with Crippen molar-refractivity contribution < 1.29 is 4.74 Å². The summed E-state index contributed by atoms with van der Waals surface area (Å²) in [5, 5.41) is 6.64. The summed E-state index contributed by atoms with van der Waals surface area (Å²) in [6.45, 7) is 2.66. The van der Waals surface area contributed by atoms with E-state index >= 15 is 0 Å². The van der Waals surface area contributed by atoms with Gasteiger partial charge in [-0.2, -0.15) is 0 Å². The molecular weight excluding hydrogens is 276 g/mol. The molecule has 0 aliphatic carbocycles. The molecule has 1 heterocycles. The zero-order valence-electron chi connectivity index (χ0n) is 11.7. The Bertz CT molecular complexity index is 604. The number of nitrogens with one attached hydrogen (secondary N) is 2. The minimum atomic E-state index is 0.399. The van der Waals surface area contributed by atoms with Crippen LogP contribution in [0.25, 0.3) is 0 Å². The highest BCUT2D eigenvalue weighted by molar-refractivity contribution is 6.32. The highest BCUT2D eigenvalue weighted by Crippen LogP contribution is 2.26. The van der Waals surface area contributed by atoms with Gasteiger partial charge in [-0.25, -0.2) is 9.97 Å². The second-order valence-corrected chi connectivity index (χ2v) is 4.65. The Morgan fingerprint density at radius 1 is 1.30 bits per heavy atom. The fourth-order valence-corrected chi connectivity index (χ4v) is 2.18. The van der Waals surface area contributed by atoms with Gasteiger partial charge >= 0.3 is 0 Å². The number of halogens is 1. The van der Waals surface area contributed by atoms with Crippen molar-refractivity contribution in [2.24, 2.45) is 0 Å². The van der Waals surface area contributed by atoms with Gasteiger partial charge in [0.25, 0.3) is 0 Å². The van der Waals surface area contributed by atoms with E-state index in [4.69, 9.17) is 16.3 Å². The van der Waals surface area contributed by atoms with Crippen LogP contribution in [0.15, 0.2) is 24.5 Å². The van der Waals surface area contributed by atoms with Gasteiger partial charge in [-0.1, -0.05) is 23.7 Å². The van der Waals surface area contributed by atoms with Crippen molar-refractivity contribution in [2.75, 3.05) is 24.8 Å². The lowest BCUT2D eigenvalue weighted by Gasteiger charge is -2.12. The third-order valence-corrected chi connectivity index (χ3v) is 3.26. The summed E-state index contributed by atoms with van der Waals surface area (Å²) in [6, 6.07) is 6.05. The third kappa shape index (κ3) is 3.11. The molecule has 0 unspecified atom stereocenters. The molecule has 0 saturated heterocycles. The van der Waals surface area contributed by atoms with Crippen molar-refractivity contribution in [3.05, 3.63) is 40.8 Å². The summed E-state index contributed by atoms with van der Waals surface area (Å²) in [6.07, 6.45) is 1.44. The molecule has 2 aromatic rings. The van der Waals surface area contributed by atoms with Crippen molar-refractivity contribution in [3.8, 4) is 5.75 Å². The highest BCUT2D eigenvalue weighted by Gasteiger charge is 2.08. The maximum absolute atomic E-state index is 6.01. The average Bonchev–Trinajstić information content (AvgIpc) is 2.45. The lowest BCUT2D eigenvalue weighted by Crippen LogP contribution is -2.06. The smallest absolute Gasteiger partial charge is 0.157 e. The highest BCUT2D eigenvalue weighted by atomic mass is 35.5. The fourth-order valence-electron chi connectivity index (χ4n) is 1.96. The van der Waals surface area contributed by atoms with Crippen molar-refractivity contribution in [2.45, 2.75) is 13.5 Å². The van der Waals surface area contributed by atoms with Crippen molar-refractivity contribution in [3.63, 3.8) is 0 Å². The summed E-state index contributed by atoms with van der Waals surface area (Å²) in [5.74, 6) is 1.57. The van der Waals surface area contributed by atoms with Crippen LogP contribution in [0.4, 0.5) is 11.5 Å². The van der Waals surface area contributed by atoms with Crippen LogP contribution < -0.4 is 15.4 Å². The number of rotatable bonds is 5. The molecule has 20 heavy (non-hydrogen) atoms. The van der Waals surface area contributed by atoms with E-state index < -0.39 is 0 Å². The van der Waals surface area contributed by atoms with Crippen LogP contribution in [0.3, 0.4) is 0 Å². The number of nitrogens with zero attached hydrogens (tertiary/aromatic N) is 2. The fraction of sp³-hybridized carbons (Fsp3) is 0.286. The SMILES string of the molecule is CNc1c(Cl)ncnc1NCc1ccc(OC)c(C)c1. The topological polar surface area (TPSA) is 59.1 Å². The van der Waals surface area contributed by atoms with Crippen LogP contribution in [0.2, 0.25) is 5.15 Å². The third-order valence-electron chi connectivity index (χ3n) is 2.97. The largest absolute Gasteiger partial charge is 0.496 e. The normalized spacial score (nSPS) is 10.2. The zero-order chi connectivity index (χ0) is 14.5. The molecule has 1 aromatic heterocycles. The molecule has 0 saturated carbocycles. The van der Waals surface area contributed by atoms with E-state index in [9.17, 15) is 0 Å². The number of aromatic nitrogens is 2. The number of methoxy groups -OCH3 is 1. The molecular formula is C14H17ClN4O. The van der Waals surface area contributed by atoms with E-state index in [0.29, 0.717) is 23.2 Å². The lowest BCUT2D eigenvalue weighted by atomic mass is 10.1. The van der Waals surface area contributed by atoms with Crippen LogP contribution >= 0.6 is 11.6 Å². The average molecular weight is 293 g/mol. The predicted octanol–water partition coefficient (Wildman–Crippen LogP) is 3.10. The van der Waals surface area contributed by atoms with Gasteiger partial charge in [0.05, 0.1) is 7.11 Å².